The summed E-state index contributed by atoms with van der Waals surface area (Å²) in [5, 5.41) is 7.73. The second-order valence-electron chi connectivity index (χ2n) is 6.15. The van der Waals surface area contributed by atoms with E-state index >= 15 is 0 Å². The van der Waals surface area contributed by atoms with E-state index in [1.807, 2.05) is 49.4 Å². The van der Waals surface area contributed by atoms with Crippen molar-refractivity contribution in [2.24, 2.45) is 0 Å². The molecular formula is C22H22N2O3. The van der Waals surface area contributed by atoms with E-state index in [1.54, 1.807) is 24.3 Å². The Labute approximate surface area is 158 Å². The van der Waals surface area contributed by atoms with Gasteiger partial charge in [0.15, 0.2) is 6.61 Å². The molecule has 138 valence electrons. The minimum absolute atomic E-state index is 0.136. The van der Waals surface area contributed by atoms with E-state index in [0.29, 0.717) is 23.5 Å². The van der Waals surface area contributed by atoms with Crippen LogP contribution in [0.25, 0.3) is 10.8 Å². The van der Waals surface area contributed by atoms with Gasteiger partial charge in [0.1, 0.15) is 5.75 Å². The molecule has 2 amide bonds. The Kier molecular flexibility index (Phi) is 6.05. The summed E-state index contributed by atoms with van der Waals surface area (Å²) in [6.07, 6.45) is 0.847. The molecule has 0 radical (unpaired) electrons. The predicted molar refractivity (Wildman–Crippen MR) is 107 cm³/mol. The van der Waals surface area contributed by atoms with Crippen molar-refractivity contribution in [2.45, 2.75) is 13.3 Å². The molecule has 0 unspecified atom stereocenters. The molecule has 27 heavy (non-hydrogen) atoms. The number of anilines is 1. The Bertz CT molecular complexity index is 953. The molecule has 5 nitrogen and oxygen atoms in total. The number of amides is 2. The van der Waals surface area contributed by atoms with Gasteiger partial charge in [0.25, 0.3) is 11.8 Å². The van der Waals surface area contributed by atoms with Crippen LogP contribution >= 0.6 is 0 Å². The zero-order valence-corrected chi connectivity index (χ0v) is 15.2. The van der Waals surface area contributed by atoms with E-state index in [4.69, 9.17) is 4.74 Å². The van der Waals surface area contributed by atoms with Crippen LogP contribution in [0.15, 0.2) is 66.7 Å². The molecule has 0 aliphatic carbocycles. The minimum atomic E-state index is -0.320. The molecule has 0 aromatic heterocycles. The molecule has 3 aromatic carbocycles. The lowest BCUT2D eigenvalue weighted by molar-refractivity contribution is -0.118. The number of hydrogen-bond donors (Lipinski definition) is 2. The number of carbonyl (C=O) groups is 2. The van der Waals surface area contributed by atoms with Gasteiger partial charge in [-0.15, -0.1) is 0 Å². The van der Waals surface area contributed by atoms with Crippen molar-refractivity contribution >= 4 is 28.3 Å². The third kappa shape index (κ3) is 4.85. The van der Waals surface area contributed by atoms with Crippen molar-refractivity contribution < 1.29 is 14.3 Å². The largest absolute Gasteiger partial charge is 0.484 e. The number of carbonyl (C=O) groups excluding carboxylic acids is 2. The zero-order valence-electron chi connectivity index (χ0n) is 15.2. The summed E-state index contributed by atoms with van der Waals surface area (Å²) < 4.78 is 5.60. The van der Waals surface area contributed by atoms with Crippen LogP contribution < -0.4 is 15.4 Å². The second kappa shape index (κ2) is 8.85. The highest BCUT2D eigenvalue weighted by Gasteiger charge is 2.13. The number of hydrogen-bond acceptors (Lipinski definition) is 3. The lowest BCUT2D eigenvalue weighted by atomic mass is 10.1. The third-order valence-electron chi connectivity index (χ3n) is 4.07. The zero-order chi connectivity index (χ0) is 19.1. The first-order chi connectivity index (χ1) is 13.2. The Morgan fingerprint density at radius 1 is 0.926 bits per heavy atom. The van der Waals surface area contributed by atoms with Crippen LogP contribution in [0.4, 0.5) is 5.69 Å². The number of benzene rings is 3. The normalized spacial score (nSPS) is 10.4. The number of nitrogens with one attached hydrogen (secondary N) is 2. The fourth-order valence-electron chi connectivity index (χ4n) is 2.72. The first kappa shape index (κ1) is 18.5. The molecular weight excluding hydrogens is 340 g/mol. The molecule has 3 rings (SSSR count). The van der Waals surface area contributed by atoms with Crippen LogP contribution in [0.1, 0.15) is 23.7 Å². The van der Waals surface area contributed by atoms with Crippen LogP contribution in [0.2, 0.25) is 0 Å². The molecule has 0 heterocycles. The fourth-order valence-corrected chi connectivity index (χ4v) is 2.72. The predicted octanol–water partition coefficient (Wildman–Crippen LogP) is 4.00. The van der Waals surface area contributed by atoms with Crippen molar-refractivity contribution in [1.29, 1.82) is 0 Å². The van der Waals surface area contributed by atoms with Crippen molar-refractivity contribution in [3.8, 4) is 5.75 Å². The number of fused-ring (bicyclic) bond motifs is 1. The van der Waals surface area contributed by atoms with Gasteiger partial charge in [-0.2, -0.15) is 0 Å². The molecule has 0 spiro atoms. The van der Waals surface area contributed by atoms with Crippen LogP contribution in [0.5, 0.6) is 5.75 Å². The standard InChI is InChI=1S/C22H22N2O3/c1-2-13-23-22(26)19-9-5-6-10-20(19)24-21(25)15-27-18-12-11-16-7-3-4-8-17(16)14-18/h3-12,14H,2,13,15H2,1H3,(H,23,26)(H,24,25). The summed E-state index contributed by atoms with van der Waals surface area (Å²) >= 11 is 0. The summed E-state index contributed by atoms with van der Waals surface area (Å²) in [4.78, 5) is 24.5. The van der Waals surface area contributed by atoms with E-state index in [-0.39, 0.29) is 18.4 Å². The molecule has 3 aromatic rings. The molecule has 0 bridgehead atoms. The summed E-state index contributed by atoms with van der Waals surface area (Å²) in [7, 11) is 0. The highest BCUT2D eigenvalue weighted by molar-refractivity contribution is 6.04. The Morgan fingerprint density at radius 2 is 1.67 bits per heavy atom. The Balaban J connectivity index is 1.63. The van der Waals surface area contributed by atoms with Crippen molar-refractivity contribution in [3.63, 3.8) is 0 Å². The third-order valence-corrected chi connectivity index (χ3v) is 4.07. The van der Waals surface area contributed by atoms with Gasteiger partial charge in [-0.3, -0.25) is 9.59 Å². The summed E-state index contributed by atoms with van der Waals surface area (Å²) in [5.74, 6) is 0.0971. The maximum atomic E-state index is 12.3. The van der Waals surface area contributed by atoms with E-state index in [9.17, 15) is 9.59 Å². The maximum absolute atomic E-state index is 12.3. The van der Waals surface area contributed by atoms with Gasteiger partial charge < -0.3 is 15.4 Å². The van der Waals surface area contributed by atoms with Gasteiger partial charge in [-0.05, 0) is 41.5 Å². The number of para-hydroxylation sites is 1. The summed E-state index contributed by atoms with van der Waals surface area (Å²) in [6, 6.07) is 20.6. The molecule has 0 fully saturated rings. The topological polar surface area (TPSA) is 67.4 Å². The quantitative estimate of drug-likeness (QED) is 0.668. The van der Waals surface area contributed by atoms with E-state index in [2.05, 4.69) is 10.6 Å². The van der Waals surface area contributed by atoms with Crippen molar-refractivity contribution in [1.82, 2.24) is 5.32 Å². The van der Waals surface area contributed by atoms with Crippen LogP contribution in [-0.4, -0.2) is 25.0 Å². The molecule has 0 aliphatic heterocycles. The minimum Gasteiger partial charge on any atom is -0.484 e. The highest BCUT2D eigenvalue weighted by Crippen LogP contribution is 2.21. The Morgan fingerprint density at radius 3 is 2.48 bits per heavy atom. The van der Waals surface area contributed by atoms with E-state index < -0.39 is 0 Å². The maximum Gasteiger partial charge on any atom is 0.262 e. The summed E-state index contributed by atoms with van der Waals surface area (Å²) in [6.45, 7) is 2.44. The van der Waals surface area contributed by atoms with Crippen molar-refractivity contribution in [2.75, 3.05) is 18.5 Å². The van der Waals surface area contributed by atoms with Crippen LogP contribution in [-0.2, 0) is 4.79 Å². The first-order valence-corrected chi connectivity index (χ1v) is 8.96. The van der Waals surface area contributed by atoms with Gasteiger partial charge in [-0.1, -0.05) is 49.4 Å². The van der Waals surface area contributed by atoms with Gasteiger partial charge in [0.05, 0.1) is 11.3 Å². The Hall–Kier alpha value is -3.34. The summed E-state index contributed by atoms with van der Waals surface area (Å²) in [5.41, 5.74) is 0.906. The first-order valence-electron chi connectivity index (χ1n) is 8.96. The molecule has 0 saturated heterocycles. The number of ether oxygens (including phenoxy) is 1. The van der Waals surface area contributed by atoms with Gasteiger partial charge in [-0.25, -0.2) is 0 Å². The van der Waals surface area contributed by atoms with E-state index in [1.165, 1.54) is 0 Å². The monoisotopic (exact) mass is 362 g/mol. The average molecular weight is 362 g/mol. The lowest BCUT2D eigenvalue weighted by Crippen LogP contribution is -2.27. The second-order valence-corrected chi connectivity index (χ2v) is 6.15. The van der Waals surface area contributed by atoms with Crippen molar-refractivity contribution in [3.05, 3.63) is 72.3 Å². The number of rotatable bonds is 7. The van der Waals surface area contributed by atoms with Crippen LogP contribution in [0.3, 0.4) is 0 Å². The fraction of sp³-hybridized carbons (Fsp3) is 0.182. The van der Waals surface area contributed by atoms with E-state index in [0.717, 1.165) is 17.2 Å². The molecule has 5 heteroatoms. The molecule has 0 atom stereocenters. The van der Waals surface area contributed by atoms with Crippen LogP contribution in [0, 0.1) is 0 Å². The van der Waals surface area contributed by atoms with Gasteiger partial charge in [0, 0.05) is 6.54 Å². The lowest BCUT2D eigenvalue weighted by Gasteiger charge is -2.12. The average Bonchev–Trinajstić information content (AvgIpc) is 2.70. The van der Waals surface area contributed by atoms with Gasteiger partial charge in [0.2, 0.25) is 0 Å². The molecule has 2 N–H and O–H groups in total. The SMILES string of the molecule is CCCNC(=O)c1ccccc1NC(=O)COc1ccc2ccccc2c1. The molecule has 0 aliphatic rings. The van der Waals surface area contributed by atoms with Gasteiger partial charge >= 0.3 is 0 Å². The molecule has 0 saturated carbocycles. The smallest absolute Gasteiger partial charge is 0.262 e. The highest BCUT2D eigenvalue weighted by atomic mass is 16.5.